The first kappa shape index (κ1) is 12.5. The second kappa shape index (κ2) is 6.80. The Labute approximate surface area is 92.0 Å². The number of piperidine rings is 1. The molecule has 0 aromatic carbocycles. The molecule has 0 bridgehead atoms. The molecule has 0 aliphatic carbocycles. The summed E-state index contributed by atoms with van der Waals surface area (Å²) in [5, 5.41) is 3.23. The van der Waals surface area contributed by atoms with Crippen molar-refractivity contribution in [2.45, 2.75) is 32.2 Å². The van der Waals surface area contributed by atoms with Crippen LogP contribution >= 0.6 is 0 Å². The van der Waals surface area contributed by atoms with E-state index in [2.05, 4.69) is 5.32 Å². The molecule has 1 amide bonds. The van der Waals surface area contributed by atoms with Crippen molar-refractivity contribution in [1.29, 1.82) is 0 Å². The van der Waals surface area contributed by atoms with Crippen LogP contribution in [0, 0.1) is 0 Å². The van der Waals surface area contributed by atoms with Crippen molar-refractivity contribution < 1.29 is 9.53 Å². The number of nitrogens with one attached hydrogen (secondary N) is 1. The predicted molar refractivity (Wildman–Crippen MR) is 59.8 cm³/mol. The maximum atomic E-state index is 11.8. The second-order valence-electron chi connectivity index (χ2n) is 3.91. The molecule has 15 heavy (non-hydrogen) atoms. The van der Waals surface area contributed by atoms with E-state index >= 15 is 0 Å². The molecule has 0 spiro atoms. The van der Waals surface area contributed by atoms with Gasteiger partial charge >= 0.3 is 0 Å². The number of nitrogens with zero attached hydrogens (tertiary/aromatic N) is 1. The molecule has 1 N–H and O–H groups in total. The van der Waals surface area contributed by atoms with Gasteiger partial charge in [-0.05, 0) is 26.8 Å². The fourth-order valence-electron chi connectivity index (χ4n) is 1.90. The second-order valence-corrected chi connectivity index (χ2v) is 3.91. The minimum Gasteiger partial charge on any atom is -0.381 e. The van der Waals surface area contributed by atoms with Crippen molar-refractivity contribution in [3.8, 4) is 0 Å². The third-order valence-corrected chi connectivity index (χ3v) is 2.85. The maximum absolute atomic E-state index is 11.8. The molecular weight excluding hydrogens is 192 g/mol. The van der Waals surface area contributed by atoms with E-state index in [1.54, 1.807) is 0 Å². The van der Waals surface area contributed by atoms with Crippen molar-refractivity contribution in [1.82, 2.24) is 10.2 Å². The fourth-order valence-corrected chi connectivity index (χ4v) is 1.90. The Morgan fingerprint density at radius 2 is 2.40 bits per heavy atom. The van der Waals surface area contributed by atoms with Gasteiger partial charge in [0.25, 0.3) is 0 Å². The van der Waals surface area contributed by atoms with E-state index in [9.17, 15) is 4.79 Å². The molecule has 1 atom stereocenters. The summed E-state index contributed by atoms with van der Waals surface area (Å²) in [4.78, 5) is 13.7. The first-order valence-electron chi connectivity index (χ1n) is 5.80. The molecule has 1 heterocycles. The molecular formula is C11H22N2O2. The van der Waals surface area contributed by atoms with Crippen LogP contribution in [-0.4, -0.2) is 50.2 Å². The van der Waals surface area contributed by atoms with Crippen LogP contribution in [0.5, 0.6) is 0 Å². The SMILES string of the molecule is CCOCCC(=O)N1CCCC(NC)C1. The van der Waals surface area contributed by atoms with E-state index in [0.29, 0.717) is 25.7 Å². The van der Waals surface area contributed by atoms with Crippen molar-refractivity contribution in [2.24, 2.45) is 0 Å². The molecule has 1 aliphatic heterocycles. The van der Waals surface area contributed by atoms with Crippen LogP contribution in [0.1, 0.15) is 26.2 Å². The lowest BCUT2D eigenvalue weighted by Crippen LogP contribution is -2.47. The van der Waals surface area contributed by atoms with Gasteiger partial charge in [-0.25, -0.2) is 0 Å². The van der Waals surface area contributed by atoms with Gasteiger partial charge in [0, 0.05) is 25.7 Å². The number of hydrogen-bond acceptors (Lipinski definition) is 3. The number of ether oxygens (including phenoxy) is 1. The third-order valence-electron chi connectivity index (χ3n) is 2.85. The summed E-state index contributed by atoms with van der Waals surface area (Å²) >= 11 is 0. The highest BCUT2D eigenvalue weighted by molar-refractivity contribution is 5.76. The first-order chi connectivity index (χ1) is 7.27. The highest BCUT2D eigenvalue weighted by Gasteiger charge is 2.21. The van der Waals surface area contributed by atoms with Gasteiger partial charge in [0.1, 0.15) is 0 Å². The lowest BCUT2D eigenvalue weighted by atomic mass is 10.1. The van der Waals surface area contributed by atoms with E-state index in [0.717, 1.165) is 19.5 Å². The highest BCUT2D eigenvalue weighted by Crippen LogP contribution is 2.10. The van der Waals surface area contributed by atoms with E-state index < -0.39 is 0 Å². The van der Waals surface area contributed by atoms with Gasteiger partial charge in [0.15, 0.2) is 0 Å². The summed E-state index contributed by atoms with van der Waals surface area (Å²) in [5.74, 6) is 0.225. The molecule has 0 aromatic rings. The topological polar surface area (TPSA) is 41.6 Å². The van der Waals surface area contributed by atoms with Crippen LogP contribution in [0.3, 0.4) is 0 Å². The summed E-state index contributed by atoms with van der Waals surface area (Å²) in [6.07, 6.45) is 2.79. The Morgan fingerprint density at radius 3 is 3.07 bits per heavy atom. The molecule has 1 aliphatic rings. The summed E-state index contributed by atoms with van der Waals surface area (Å²) in [6, 6.07) is 0.467. The average Bonchev–Trinajstić information content (AvgIpc) is 2.29. The molecule has 0 aromatic heterocycles. The maximum Gasteiger partial charge on any atom is 0.224 e. The fraction of sp³-hybridized carbons (Fsp3) is 0.909. The summed E-state index contributed by atoms with van der Waals surface area (Å²) < 4.78 is 5.19. The Hall–Kier alpha value is -0.610. The summed E-state index contributed by atoms with van der Waals surface area (Å²) in [6.45, 7) is 4.94. The Balaban J connectivity index is 2.25. The van der Waals surface area contributed by atoms with Gasteiger partial charge in [-0.3, -0.25) is 4.79 Å². The van der Waals surface area contributed by atoms with Gasteiger partial charge in [-0.1, -0.05) is 0 Å². The van der Waals surface area contributed by atoms with Gasteiger partial charge < -0.3 is 15.0 Å². The number of rotatable bonds is 5. The van der Waals surface area contributed by atoms with E-state index in [-0.39, 0.29) is 5.91 Å². The number of likely N-dealkylation sites (N-methyl/N-ethyl adjacent to an activating group) is 1. The zero-order valence-corrected chi connectivity index (χ0v) is 9.79. The Kier molecular flexibility index (Phi) is 5.65. The molecule has 0 saturated carbocycles. The molecule has 4 heteroatoms. The zero-order chi connectivity index (χ0) is 11.1. The van der Waals surface area contributed by atoms with E-state index in [4.69, 9.17) is 4.74 Å². The minimum atomic E-state index is 0.225. The minimum absolute atomic E-state index is 0.225. The molecule has 88 valence electrons. The monoisotopic (exact) mass is 214 g/mol. The van der Waals surface area contributed by atoms with Crippen LogP contribution in [0.4, 0.5) is 0 Å². The van der Waals surface area contributed by atoms with Crippen molar-refractivity contribution in [2.75, 3.05) is 33.4 Å². The molecule has 1 fully saturated rings. The highest BCUT2D eigenvalue weighted by atomic mass is 16.5. The van der Waals surface area contributed by atoms with Crippen LogP contribution in [0.15, 0.2) is 0 Å². The van der Waals surface area contributed by atoms with Gasteiger partial charge in [-0.15, -0.1) is 0 Å². The Morgan fingerprint density at radius 1 is 1.60 bits per heavy atom. The largest absolute Gasteiger partial charge is 0.381 e. The van der Waals surface area contributed by atoms with Crippen LogP contribution in [0.25, 0.3) is 0 Å². The molecule has 1 saturated heterocycles. The number of hydrogen-bond donors (Lipinski definition) is 1. The third kappa shape index (κ3) is 4.18. The van der Waals surface area contributed by atoms with E-state index in [1.165, 1.54) is 6.42 Å². The van der Waals surface area contributed by atoms with Crippen LogP contribution in [-0.2, 0) is 9.53 Å². The van der Waals surface area contributed by atoms with Gasteiger partial charge in [0.2, 0.25) is 5.91 Å². The van der Waals surface area contributed by atoms with Crippen molar-refractivity contribution >= 4 is 5.91 Å². The van der Waals surface area contributed by atoms with Crippen LogP contribution < -0.4 is 5.32 Å². The average molecular weight is 214 g/mol. The normalized spacial score (nSPS) is 21.7. The van der Waals surface area contributed by atoms with Crippen LogP contribution in [0.2, 0.25) is 0 Å². The number of carbonyl (C=O) groups is 1. The first-order valence-corrected chi connectivity index (χ1v) is 5.80. The lowest BCUT2D eigenvalue weighted by Gasteiger charge is -2.32. The smallest absolute Gasteiger partial charge is 0.224 e. The zero-order valence-electron chi connectivity index (χ0n) is 9.79. The van der Waals surface area contributed by atoms with Crippen molar-refractivity contribution in [3.63, 3.8) is 0 Å². The number of carbonyl (C=O) groups excluding carboxylic acids is 1. The lowest BCUT2D eigenvalue weighted by molar-refractivity contribution is -0.133. The van der Waals surface area contributed by atoms with Gasteiger partial charge in [-0.2, -0.15) is 0 Å². The molecule has 0 radical (unpaired) electrons. The van der Waals surface area contributed by atoms with Gasteiger partial charge in [0.05, 0.1) is 13.0 Å². The summed E-state index contributed by atoms with van der Waals surface area (Å²) in [7, 11) is 1.96. The number of amides is 1. The van der Waals surface area contributed by atoms with E-state index in [1.807, 2.05) is 18.9 Å². The quantitative estimate of drug-likeness (QED) is 0.682. The van der Waals surface area contributed by atoms with Crippen molar-refractivity contribution in [3.05, 3.63) is 0 Å². The molecule has 1 unspecified atom stereocenters. The predicted octanol–water partition coefficient (Wildman–Crippen LogP) is 0.623. The standard InChI is InChI=1S/C11H22N2O2/c1-3-15-8-6-11(14)13-7-4-5-10(9-13)12-2/h10,12H,3-9H2,1-2H3. The summed E-state index contributed by atoms with van der Waals surface area (Å²) in [5.41, 5.74) is 0. The molecule has 1 rings (SSSR count). The molecule has 4 nitrogen and oxygen atoms in total. The Bertz CT molecular complexity index is 197. The number of likely N-dealkylation sites (tertiary alicyclic amines) is 1.